The second kappa shape index (κ2) is 6.90. The van der Waals surface area contributed by atoms with Gasteiger partial charge in [-0.2, -0.15) is 0 Å². The number of nitrogens with zero attached hydrogens (tertiary/aromatic N) is 4. The number of anilines is 1. The number of aliphatic hydroxyl groups is 1. The molecular formula is C20H18N4O4. The lowest BCUT2D eigenvalue weighted by Gasteiger charge is -2.28. The van der Waals surface area contributed by atoms with Gasteiger partial charge in [0, 0.05) is 18.2 Å². The molecule has 0 saturated heterocycles. The molecule has 4 rings (SSSR count). The summed E-state index contributed by atoms with van der Waals surface area (Å²) in [6.45, 7) is 0.518. The fourth-order valence-electron chi connectivity index (χ4n) is 3.21. The number of ketones is 1. The van der Waals surface area contributed by atoms with Crippen molar-refractivity contribution in [3.8, 4) is 17.0 Å². The molecule has 1 atom stereocenters. The van der Waals surface area contributed by atoms with Crippen LogP contribution in [-0.2, 0) is 11.3 Å². The molecule has 142 valence electrons. The van der Waals surface area contributed by atoms with E-state index in [9.17, 15) is 14.7 Å². The van der Waals surface area contributed by atoms with Crippen LogP contribution in [0.2, 0.25) is 0 Å². The number of benzene rings is 2. The molecule has 0 radical (unpaired) electrons. The van der Waals surface area contributed by atoms with Gasteiger partial charge >= 0.3 is 0 Å². The highest BCUT2D eigenvalue weighted by atomic mass is 16.5. The first-order valence-corrected chi connectivity index (χ1v) is 8.65. The van der Waals surface area contributed by atoms with E-state index in [1.807, 2.05) is 24.3 Å². The highest BCUT2D eigenvalue weighted by molar-refractivity contribution is 6.23. The first-order valence-electron chi connectivity index (χ1n) is 8.65. The van der Waals surface area contributed by atoms with Crippen molar-refractivity contribution in [3.63, 3.8) is 0 Å². The molecule has 0 aliphatic carbocycles. The monoisotopic (exact) mass is 378 g/mol. The number of methoxy groups -OCH3 is 1. The number of Topliss-reactive ketones (excluding diaryl/α,β-unsaturated/α-hetero) is 1. The molecule has 0 bridgehead atoms. The summed E-state index contributed by atoms with van der Waals surface area (Å²) < 4.78 is 6.92. The zero-order valence-corrected chi connectivity index (χ0v) is 15.4. The normalized spacial score (nSPS) is 16.2. The molecule has 0 fully saturated rings. The van der Waals surface area contributed by atoms with Gasteiger partial charge in [-0.3, -0.25) is 9.59 Å². The van der Waals surface area contributed by atoms with Crippen LogP contribution in [0.3, 0.4) is 0 Å². The molecule has 1 N–H and O–H groups in total. The van der Waals surface area contributed by atoms with E-state index in [1.54, 1.807) is 36.2 Å². The number of fused-ring (bicyclic) bond motifs is 1. The van der Waals surface area contributed by atoms with E-state index in [0.717, 1.165) is 11.3 Å². The maximum Gasteiger partial charge on any atom is 0.263 e. The summed E-state index contributed by atoms with van der Waals surface area (Å²) in [5, 5.41) is 18.2. The average molecular weight is 378 g/mol. The lowest BCUT2D eigenvalue weighted by atomic mass is 9.95. The number of carbonyl (C=O) groups is 2. The lowest BCUT2D eigenvalue weighted by Crippen LogP contribution is -2.46. The first kappa shape index (κ1) is 17.9. The van der Waals surface area contributed by atoms with Crippen LogP contribution in [0.25, 0.3) is 11.3 Å². The van der Waals surface area contributed by atoms with Gasteiger partial charge in [-0.25, -0.2) is 4.68 Å². The highest BCUT2D eigenvalue weighted by Crippen LogP contribution is 2.31. The van der Waals surface area contributed by atoms with Gasteiger partial charge in [-0.05, 0) is 29.8 Å². The Balaban J connectivity index is 1.63. The highest BCUT2D eigenvalue weighted by Gasteiger charge is 2.36. The number of rotatable bonds is 4. The maximum atomic E-state index is 12.3. The van der Waals surface area contributed by atoms with Crippen molar-refractivity contribution in [2.24, 2.45) is 0 Å². The van der Waals surface area contributed by atoms with Crippen molar-refractivity contribution in [1.29, 1.82) is 0 Å². The molecule has 8 heteroatoms. The third-order valence-corrected chi connectivity index (χ3v) is 4.75. The van der Waals surface area contributed by atoms with Gasteiger partial charge in [0.1, 0.15) is 11.4 Å². The Kier molecular flexibility index (Phi) is 4.40. The Morgan fingerprint density at radius 2 is 2.00 bits per heavy atom. The number of hydrogen-bond donors (Lipinski definition) is 1. The fraction of sp³-hybridized carbons (Fsp3) is 0.200. The summed E-state index contributed by atoms with van der Waals surface area (Å²) in [4.78, 5) is 25.5. The largest absolute Gasteiger partial charge is 0.497 e. The van der Waals surface area contributed by atoms with Crippen LogP contribution in [0.15, 0.2) is 48.7 Å². The van der Waals surface area contributed by atoms with E-state index in [-0.39, 0.29) is 5.56 Å². The SMILES string of the molecule is COc1cccc(Cn2cc(-c3ccc4c(c3)C(=O)C(O)C(=O)N4C)nn2)c1. The molecule has 0 saturated carbocycles. The van der Waals surface area contributed by atoms with E-state index in [4.69, 9.17) is 4.74 Å². The standard InChI is InChI=1S/C20H18N4O4/c1-23-17-7-6-13(9-15(17)18(25)19(26)20(23)27)16-11-24(22-21-16)10-12-4-3-5-14(8-12)28-2/h3-9,11,19,26H,10H2,1-2H3. The Hall–Kier alpha value is -3.52. The van der Waals surface area contributed by atoms with Gasteiger partial charge in [0.2, 0.25) is 5.78 Å². The molecule has 1 amide bonds. The van der Waals surface area contributed by atoms with Crippen LogP contribution in [0.1, 0.15) is 15.9 Å². The minimum absolute atomic E-state index is 0.287. The van der Waals surface area contributed by atoms with Gasteiger partial charge in [0.05, 0.1) is 25.5 Å². The third-order valence-electron chi connectivity index (χ3n) is 4.75. The minimum Gasteiger partial charge on any atom is -0.497 e. The second-order valence-electron chi connectivity index (χ2n) is 6.55. The summed E-state index contributed by atoms with van der Waals surface area (Å²) in [6, 6.07) is 12.7. The molecule has 8 nitrogen and oxygen atoms in total. The van der Waals surface area contributed by atoms with Crippen molar-refractivity contribution in [2.75, 3.05) is 19.1 Å². The van der Waals surface area contributed by atoms with Crippen LogP contribution in [0, 0.1) is 0 Å². The number of likely N-dealkylation sites (N-methyl/N-ethyl adjacent to an activating group) is 1. The first-order chi connectivity index (χ1) is 13.5. The number of ether oxygens (including phenoxy) is 1. The van der Waals surface area contributed by atoms with Crippen molar-refractivity contribution >= 4 is 17.4 Å². The lowest BCUT2D eigenvalue weighted by molar-refractivity contribution is -0.124. The molecule has 1 aliphatic heterocycles. The van der Waals surface area contributed by atoms with Gasteiger partial charge < -0.3 is 14.7 Å². The summed E-state index contributed by atoms with van der Waals surface area (Å²) in [5.74, 6) is -0.471. The van der Waals surface area contributed by atoms with Gasteiger partial charge in [0.25, 0.3) is 5.91 Å². The van der Waals surface area contributed by atoms with Gasteiger partial charge in [-0.15, -0.1) is 5.10 Å². The molecule has 3 aromatic rings. The number of carbonyl (C=O) groups excluding carboxylic acids is 2. The van der Waals surface area contributed by atoms with E-state index in [1.165, 1.54) is 11.9 Å². The predicted octanol–water partition coefficient (Wildman–Crippen LogP) is 1.52. The van der Waals surface area contributed by atoms with Crippen LogP contribution >= 0.6 is 0 Å². The smallest absolute Gasteiger partial charge is 0.263 e. The maximum absolute atomic E-state index is 12.3. The third kappa shape index (κ3) is 3.03. The van der Waals surface area contributed by atoms with Crippen LogP contribution in [0.5, 0.6) is 5.75 Å². The molecule has 28 heavy (non-hydrogen) atoms. The van der Waals surface area contributed by atoms with Gasteiger partial charge in [-0.1, -0.05) is 23.4 Å². The number of aromatic nitrogens is 3. The van der Waals surface area contributed by atoms with E-state index in [0.29, 0.717) is 23.5 Å². The molecule has 1 unspecified atom stereocenters. The molecule has 1 aliphatic rings. The minimum atomic E-state index is -1.67. The zero-order chi connectivity index (χ0) is 19.8. The van der Waals surface area contributed by atoms with Crippen LogP contribution < -0.4 is 9.64 Å². The van der Waals surface area contributed by atoms with E-state index >= 15 is 0 Å². The Bertz CT molecular complexity index is 1080. The fourth-order valence-corrected chi connectivity index (χ4v) is 3.21. The second-order valence-corrected chi connectivity index (χ2v) is 6.55. The summed E-state index contributed by atoms with van der Waals surface area (Å²) >= 11 is 0. The quantitative estimate of drug-likeness (QED) is 0.692. The molecular weight excluding hydrogens is 360 g/mol. The molecule has 2 heterocycles. The van der Waals surface area contributed by atoms with Crippen molar-refractivity contribution in [3.05, 3.63) is 59.8 Å². The van der Waals surface area contributed by atoms with Gasteiger partial charge in [0.15, 0.2) is 6.10 Å². The topological polar surface area (TPSA) is 97.5 Å². The van der Waals surface area contributed by atoms with Crippen LogP contribution in [0.4, 0.5) is 5.69 Å². The molecule has 0 spiro atoms. The summed E-state index contributed by atoms with van der Waals surface area (Å²) in [5.41, 5.74) is 3.04. The Labute approximate surface area is 161 Å². The summed E-state index contributed by atoms with van der Waals surface area (Å²) in [7, 11) is 3.15. The van der Waals surface area contributed by atoms with Crippen molar-refractivity contribution < 1.29 is 19.4 Å². The number of hydrogen-bond acceptors (Lipinski definition) is 6. The zero-order valence-electron chi connectivity index (χ0n) is 15.4. The predicted molar refractivity (Wildman–Crippen MR) is 101 cm³/mol. The average Bonchev–Trinajstić information content (AvgIpc) is 3.18. The van der Waals surface area contributed by atoms with Crippen LogP contribution in [-0.4, -0.2) is 52.1 Å². The van der Waals surface area contributed by atoms with Crippen molar-refractivity contribution in [1.82, 2.24) is 15.0 Å². The Morgan fingerprint density at radius 1 is 1.18 bits per heavy atom. The summed E-state index contributed by atoms with van der Waals surface area (Å²) in [6.07, 6.45) is 0.108. The van der Waals surface area contributed by atoms with E-state index in [2.05, 4.69) is 10.3 Å². The molecule has 2 aromatic carbocycles. The number of amides is 1. The van der Waals surface area contributed by atoms with E-state index < -0.39 is 17.8 Å². The molecule has 1 aromatic heterocycles. The Morgan fingerprint density at radius 3 is 2.79 bits per heavy atom. The number of aliphatic hydroxyl groups excluding tert-OH is 1. The van der Waals surface area contributed by atoms with Crippen molar-refractivity contribution in [2.45, 2.75) is 12.6 Å².